The molecule has 0 aliphatic heterocycles. The first kappa shape index (κ1) is 60.2. The fourth-order valence-corrected chi connectivity index (χ4v) is 11.1. The number of nitrogens with zero attached hydrogens (tertiary/aromatic N) is 6. The van der Waals surface area contributed by atoms with Gasteiger partial charge < -0.3 is 45.1 Å². The van der Waals surface area contributed by atoms with E-state index in [1.54, 1.807) is 39.4 Å². The van der Waals surface area contributed by atoms with Crippen molar-refractivity contribution in [2.75, 3.05) is 35.8 Å². The molecule has 0 bridgehead atoms. The Bertz CT molecular complexity index is 2650. The number of rotatable bonds is 18. The van der Waals surface area contributed by atoms with E-state index in [9.17, 15) is 14.4 Å². The number of nitrogens with one attached hydrogen (secondary N) is 6. The van der Waals surface area contributed by atoms with Crippen molar-refractivity contribution in [3.8, 4) is 18.2 Å². The lowest BCUT2D eigenvalue weighted by molar-refractivity contribution is 0.0517. The number of pyridine rings is 3. The zero-order valence-electron chi connectivity index (χ0n) is 43.6. The van der Waals surface area contributed by atoms with Gasteiger partial charge in [0, 0.05) is 90.7 Å². The van der Waals surface area contributed by atoms with Crippen LogP contribution in [0, 0.1) is 51.7 Å². The minimum Gasteiger partial charge on any atom is -0.462 e. The second-order valence-electron chi connectivity index (χ2n) is 19.7. The number of fused-ring (bicyclic) bond motifs is 3. The molecule has 0 spiro atoms. The minimum absolute atomic E-state index is 0. The van der Waals surface area contributed by atoms with Crippen LogP contribution in [0.5, 0.6) is 0 Å². The molecule has 0 aromatic carbocycles. The van der Waals surface area contributed by atoms with Crippen molar-refractivity contribution in [1.82, 2.24) is 29.9 Å². The van der Waals surface area contributed by atoms with E-state index in [2.05, 4.69) is 64.1 Å². The fraction of sp³-hybridized carbons (Fsp3) is 0.542. The van der Waals surface area contributed by atoms with Crippen molar-refractivity contribution >= 4 is 68.1 Å². The van der Waals surface area contributed by atoms with E-state index in [1.807, 2.05) is 36.8 Å². The van der Waals surface area contributed by atoms with Gasteiger partial charge in [0.15, 0.2) is 0 Å². The minimum atomic E-state index is -0.350. The highest BCUT2D eigenvalue weighted by Gasteiger charge is 2.28. The molecule has 3 fully saturated rings. The van der Waals surface area contributed by atoms with E-state index in [0.29, 0.717) is 91.7 Å². The number of aromatic nitrogens is 6. The van der Waals surface area contributed by atoms with Crippen LogP contribution in [0.25, 0.3) is 33.1 Å². The van der Waals surface area contributed by atoms with Crippen LogP contribution in [0.1, 0.15) is 182 Å². The van der Waals surface area contributed by atoms with Gasteiger partial charge in [-0.1, -0.05) is 53.4 Å². The molecule has 3 saturated carbocycles. The molecule has 0 amide bonds. The zero-order valence-corrected chi connectivity index (χ0v) is 43.6. The van der Waals surface area contributed by atoms with Crippen LogP contribution in [0.3, 0.4) is 0 Å². The number of anilines is 3. The summed E-state index contributed by atoms with van der Waals surface area (Å²) in [6.07, 6.45) is 28.2. The van der Waals surface area contributed by atoms with Crippen LogP contribution in [0.4, 0.5) is 17.1 Å². The first-order valence-corrected chi connectivity index (χ1v) is 27.0. The Morgan fingerprint density at radius 1 is 0.506 bits per heavy atom. The van der Waals surface area contributed by atoms with Gasteiger partial charge in [0.2, 0.25) is 0 Å². The third kappa shape index (κ3) is 16.2. The maximum absolute atomic E-state index is 12.3. The summed E-state index contributed by atoms with van der Waals surface area (Å²) in [5.74, 6) is 0.661. The maximum Gasteiger partial charge on any atom is 0.341 e. The van der Waals surface area contributed by atoms with Crippen molar-refractivity contribution in [3.05, 3.63) is 72.1 Å². The predicted octanol–water partition coefficient (Wildman–Crippen LogP) is 13.3. The average molecular weight is 1050 g/mol. The second-order valence-corrected chi connectivity index (χ2v) is 19.7. The zero-order chi connectivity index (χ0) is 52.9. The van der Waals surface area contributed by atoms with Crippen molar-refractivity contribution in [2.24, 2.45) is 17.8 Å². The SMILES string of the molecule is C.C.CCOC(=O)c1cnc2[nH]ccc2c1NC1CCCC(CCC#N)C1.CCOC(=O)c1cnc2[nH]ccc2c1NC1CCCC(CCC#N)C1.CCOC(=O)c1cnc2[nH]ccc2c1NC1CCCC(CCC#N)C1. The Balaban J connectivity index is 0.000000210. The van der Waals surface area contributed by atoms with E-state index in [0.717, 1.165) is 127 Å². The van der Waals surface area contributed by atoms with Crippen molar-refractivity contribution < 1.29 is 28.6 Å². The molecule has 6 unspecified atom stereocenters. The molecule has 412 valence electrons. The van der Waals surface area contributed by atoms with Gasteiger partial charge in [-0.15, -0.1) is 0 Å². The quantitative estimate of drug-likeness (QED) is 0.0345. The van der Waals surface area contributed by atoms with Gasteiger partial charge in [0.1, 0.15) is 33.6 Å². The number of H-pyrrole nitrogens is 3. The highest BCUT2D eigenvalue weighted by atomic mass is 16.5. The van der Waals surface area contributed by atoms with Gasteiger partial charge in [-0.05, 0) is 115 Å². The number of nitriles is 3. The third-order valence-corrected chi connectivity index (χ3v) is 14.6. The number of aromatic amines is 3. The smallest absolute Gasteiger partial charge is 0.341 e. The van der Waals surface area contributed by atoms with E-state index >= 15 is 0 Å². The summed E-state index contributed by atoms with van der Waals surface area (Å²) < 4.78 is 15.6. The molecule has 3 aliphatic carbocycles. The summed E-state index contributed by atoms with van der Waals surface area (Å²) in [4.78, 5) is 59.2. The molecule has 3 aliphatic rings. The normalized spacial score (nSPS) is 19.6. The van der Waals surface area contributed by atoms with Gasteiger partial charge in [-0.2, -0.15) is 15.8 Å². The maximum atomic E-state index is 12.3. The van der Waals surface area contributed by atoms with Crippen molar-refractivity contribution in [2.45, 2.75) is 169 Å². The lowest BCUT2D eigenvalue weighted by Crippen LogP contribution is -2.28. The summed E-state index contributed by atoms with van der Waals surface area (Å²) >= 11 is 0. The topological polar surface area (TPSA) is 272 Å². The largest absolute Gasteiger partial charge is 0.462 e. The molecule has 0 saturated heterocycles. The van der Waals surface area contributed by atoms with Gasteiger partial charge in [0.05, 0.1) is 55.1 Å². The molecule has 6 aromatic heterocycles. The molecular weight excluding hydrogens is 973 g/mol. The molecular formula is C59H80N12O6. The van der Waals surface area contributed by atoms with Gasteiger partial charge >= 0.3 is 17.9 Å². The lowest BCUT2D eigenvalue weighted by atomic mass is 9.83. The van der Waals surface area contributed by atoms with E-state index < -0.39 is 0 Å². The summed E-state index contributed by atoms with van der Waals surface area (Å²) in [7, 11) is 0. The highest BCUT2D eigenvalue weighted by molar-refractivity contribution is 6.06. The summed E-state index contributed by atoms with van der Waals surface area (Å²) in [5.41, 5.74) is 6.11. The molecule has 9 rings (SSSR count). The number of hydrogen-bond donors (Lipinski definition) is 6. The van der Waals surface area contributed by atoms with Crippen LogP contribution in [0.2, 0.25) is 0 Å². The Labute approximate surface area is 453 Å². The first-order valence-electron chi connectivity index (χ1n) is 27.0. The highest BCUT2D eigenvalue weighted by Crippen LogP contribution is 2.36. The molecule has 18 heteroatoms. The number of ether oxygens (including phenoxy) is 3. The summed E-state index contributed by atoms with van der Waals surface area (Å²) in [5, 5.41) is 39.9. The predicted molar refractivity (Wildman–Crippen MR) is 302 cm³/mol. The Morgan fingerprint density at radius 3 is 1.05 bits per heavy atom. The Hall–Kier alpha value is -7.65. The number of esters is 3. The van der Waals surface area contributed by atoms with Crippen LogP contribution < -0.4 is 16.0 Å². The molecule has 0 radical (unpaired) electrons. The van der Waals surface area contributed by atoms with Crippen LogP contribution >= 0.6 is 0 Å². The Morgan fingerprint density at radius 2 is 0.792 bits per heavy atom. The molecule has 77 heavy (non-hydrogen) atoms. The van der Waals surface area contributed by atoms with Crippen LogP contribution in [0.15, 0.2) is 55.4 Å². The first-order chi connectivity index (χ1) is 36.7. The average Bonchev–Trinajstić information content (AvgIpc) is 4.24. The van der Waals surface area contributed by atoms with Crippen molar-refractivity contribution in [3.63, 3.8) is 0 Å². The molecule has 6 aromatic rings. The van der Waals surface area contributed by atoms with Gasteiger partial charge in [-0.25, -0.2) is 29.3 Å². The monoisotopic (exact) mass is 1050 g/mol. The number of carbonyl (C=O) groups is 3. The van der Waals surface area contributed by atoms with Crippen LogP contribution in [-0.2, 0) is 14.2 Å². The fourth-order valence-electron chi connectivity index (χ4n) is 11.1. The standard InChI is InChI=1S/3C19H24N4O2.2CH4/c3*1-2-25-19(24)16-12-22-18-15(8-10-21-18)17(16)23-14-7-3-5-13(11-14)6-4-9-20;;/h3*8,10,12-14H,2-7,11H2,1H3,(H2,21,22,23);2*1H4. The third-order valence-electron chi connectivity index (χ3n) is 14.6. The second kappa shape index (κ2) is 30.8. The number of carbonyl (C=O) groups excluding carboxylic acids is 3. The summed E-state index contributed by atoms with van der Waals surface area (Å²) in [6.45, 7) is 6.41. The van der Waals surface area contributed by atoms with Crippen LogP contribution in [-0.4, -0.2) is 85.8 Å². The molecule has 6 N–H and O–H groups in total. The van der Waals surface area contributed by atoms with E-state index in [1.165, 1.54) is 19.3 Å². The van der Waals surface area contributed by atoms with Crippen molar-refractivity contribution in [1.29, 1.82) is 15.8 Å². The van der Waals surface area contributed by atoms with Gasteiger partial charge in [0.25, 0.3) is 0 Å². The molecule has 18 nitrogen and oxygen atoms in total. The number of hydrogen-bond acceptors (Lipinski definition) is 15. The lowest BCUT2D eigenvalue weighted by Gasteiger charge is -2.30. The van der Waals surface area contributed by atoms with E-state index in [4.69, 9.17) is 30.0 Å². The summed E-state index contributed by atoms with van der Waals surface area (Å²) in [6, 6.07) is 13.4. The van der Waals surface area contributed by atoms with Gasteiger partial charge in [-0.3, -0.25) is 0 Å². The molecule has 6 atom stereocenters. The molecule has 6 heterocycles. The van der Waals surface area contributed by atoms with E-state index in [-0.39, 0.29) is 32.8 Å². The Kier molecular flexibility index (Phi) is 24.1.